The third kappa shape index (κ3) is 2.02. The van der Waals surface area contributed by atoms with Crippen LogP contribution in [0.5, 0.6) is 0 Å². The summed E-state index contributed by atoms with van der Waals surface area (Å²) in [4.78, 5) is 0. The molecule has 0 spiro atoms. The molecule has 9 heavy (non-hydrogen) atoms. The summed E-state index contributed by atoms with van der Waals surface area (Å²) in [5.41, 5.74) is -0.568. The maximum Gasteiger partial charge on any atom is 0.220 e. The third-order valence-electron chi connectivity index (χ3n) is 1.00. The van der Waals surface area contributed by atoms with Crippen LogP contribution >= 0.6 is 46.4 Å². The van der Waals surface area contributed by atoms with Gasteiger partial charge in [0.15, 0.2) is 5.56 Å². The lowest BCUT2D eigenvalue weighted by Crippen LogP contribution is -2.10. The lowest BCUT2D eigenvalue weighted by molar-refractivity contribution is 0.114. The molecule has 0 bridgehead atoms. The van der Waals surface area contributed by atoms with Crippen molar-refractivity contribution in [3.8, 4) is 0 Å². The van der Waals surface area contributed by atoms with Crippen molar-refractivity contribution in [2.75, 3.05) is 0 Å². The third-order valence-corrected chi connectivity index (χ3v) is 2.39. The van der Waals surface area contributed by atoms with Crippen molar-refractivity contribution in [2.45, 2.75) is 21.9 Å². The predicted molar refractivity (Wildman–Crippen MR) is 39.4 cm³/mol. The summed E-state index contributed by atoms with van der Waals surface area (Å²) in [5, 5.41) is -0.290. The van der Waals surface area contributed by atoms with Crippen LogP contribution in [0.4, 0.5) is 0 Å². The number of ether oxygens (including phenoxy) is 1. The van der Waals surface area contributed by atoms with Gasteiger partial charge in [-0.05, 0) is 0 Å². The zero-order valence-corrected chi connectivity index (χ0v) is 7.31. The van der Waals surface area contributed by atoms with Crippen LogP contribution in [0.3, 0.4) is 0 Å². The van der Waals surface area contributed by atoms with Crippen molar-refractivity contribution in [1.82, 2.24) is 0 Å². The minimum absolute atomic E-state index is 0.290. The molecule has 0 aromatic carbocycles. The highest BCUT2D eigenvalue weighted by atomic mass is 35.5. The Morgan fingerprint density at radius 2 is 1.89 bits per heavy atom. The molecule has 1 saturated heterocycles. The van der Waals surface area contributed by atoms with Gasteiger partial charge in [0.2, 0.25) is 4.52 Å². The largest absolute Gasteiger partial charge is 0.325 e. The normalized spacial score (nSPS) is 41.3. The van der Waals surface area contributed by atoms with Crippen LogP contribution in [-0.4, -0.2) is 15.5 Å². The molecule has 1 rings (SSSR count). The first-order chi connectivity index (χ1) is 4.01. The van der Waals surface area contributed by atoms with E-state index in [2.05, 4.69) is 0 Å². The zero-order chi connectivity index (χ0) is 7.07. The van der Waals surface area contributed by atoms with E-state index in [1.807, 2.05) is 0 Å². The van der Waals surface area contributed by atoms with E-state index in [-0.39, 0.29) is 5.38 Å². The summed E-state index contributed by atoms with van der Waals surface area (Å²) < 4.78 is 3.64. The van der Waals surface area contributed by atoms with Gasteiger partial charge in [-0.2, -0.15) is 0 Å². The number of alkyl halides is 4. The van der Waals surface area contributed by atoms with Crippen LogP contribution in [0.25, 0.3) is 0 Å². The van der Waals surface area contributed by atoms with Crippen molar-refractivity contribution >= 4 is 46.4 Å². The Morgan fingerprint density at radius 1 is 1.33 bits per heavy atom. The molecule has 0 aromatic rings. The number of rotatable bonds is 0. The average Bonchev–Trinajstić information content (AvgIpc) is 1.79. The molecule has 1 aliphatic rings. The second kappa shape index (κ2) is 2.63. The van der Waals surface area contributed by atoms with E-state index in [4.69, 9.17) is 51.1 Å². The molecule has 0 amide bonds. The Labute approximate surface area is 73.2 Å². The topological polar surface area (TPSA) is 9.23 Å². The molecule has 54 valence electrons. The van der Waals surface area contributed by atoms with E-state index in [1.165, 1.54) is 0 Å². The highest BCUT2D eigenvalue weighted by Crippen LogP contribution is 2.41. The minimum Gasteiger partial charge on any atom is -0.325 e. The average molecular weight is 210 g/mol. The molecular formula is C4H4Cl4O. The predicted octanol–water partition coefficient (Wildman–Crippen LogP) is 2.71. The molecule has 2 atom stereocenters. The van der Waals surface area contributed by atoms with Crippen LogP contribution in [0, 0.1) is 0 Å². The first-order valence-corrected chi connectivity index (χ1v) is 3.98. The lowest BCUT2D eigenvalue weighted by atomic mass is 10.4. The van der Waals surface area contributed by atoms with Crippen molar-refractivity contribution < 1.29 is 4.74 Å². The SMILES string of the molecule is ClC1CC(Cl)(Cl)OC1Cl. The summed E-state index contributed by atoms with van der Waals surface area (Å²) in [6.07, 6.45) is 0.367. The number of hydrogen-bond donors (Lipinski definition) is 0. The molecular weight excluding hydrogens is 206 g/mol. The Hall–Kier alpha value is 1.12. The standard InChI is InChI=1S/C4H4Cl4O/c5-2-1-4(7,8)9-3(2)6/h2-3H,1H2. The molecule has 1 heterocycles. The molecule has 0 N–H and O–H groups in total. The maximum atomic E-state index is 5.62. The van der Waals surface area contributed by atoms with Gasteiger partial charge in [0.25, 0.3) is 0 Å². The molecule has 0 aromatic heterocycles. The van der Waals surface area contributed by atoms with E-state index in [0.29, 0.717) is 6.42 Å². The van der Waals surface area contributed by atoms with E-state index >= 15 is 0 Å². The highest BCUT2D eigenvalue weighted by Gasteiger charge is 2.42. The summed E-state index contributed by atoms with van der Waals surface area (Å²) in [7, 11) is 0. The minimum atomic E-state index is -1.18. The molecule has 0 saturated carbocycles. The smallest absolute Gasteiger partial charge is 0.220 e. The maximum absolute atomic E-state index is 5.62. The molecule has 1 nitrogen and oxygen atoms in total. The fourth-order valence-corrected chi connectivity index (χ4v) is 1.89. The fraction of sp³-hybridized carbons (Fsp3) is 1.00. The van der Waals surface area contributed by atoms with Gasteiger partial charge in [0.05, 0.1) is 5.38 Å². The van der Waals surface area contributed by atoms with Gasteiger partial charge in [0.1, 0.15) is 0 Å². The van der Waals surface area contributed by atoms with Gasteiger partial charge in [-0.15, -0.1) is 11.6 Å². The summed E-state index contributed by atoms with van der Waals surface area (Å²) >= 11 is 22.2. The first-order valence-electron chi connectivity index (χ1n) is 2.35. The van der Waals surface area contributed by atoms with Crippen molar-refractivity contribution in [3.05, 3.63) is 0 Å². The molecule has 0 aliphatic carbocycles. The van der Waals surface area contributed by atoms with Crippen LogP contribution < -0.4 is 0 Å². The second-order valence-electron chi connectivity index (χ2n) is 1.83. The Morgan fingerprint density at radius 3 is 2.00 bits per heavy atom. The van der Waals surface area contributed by atoms with Gasteiger partial charge < -0.3 is 4.74 Å². The summed E-state index contributed by atoms with van der Waals surface area (Å²) in [5.74, 6) is 0. The van der Waals surface area contributed by atoms with E-state index < -0.39 is 10.1 Å². The quantitative estimate of drug-likeness (QED) is 0.558. The van der Waals surface area contributed by atoms with Gasteiger partial charge in [-0.3, -0.25) is 0 Å². The summed E-state index contributed by atoms with van der Waals surface area (Å²) in [6.45, 7) is 0. The fourth-order valence-electron chi connectivity index (χ4n) is 0.606. The van der Waals surface area contributed by atoms with Crippen LogP contribution in [0.1, 0.15) is 6.42 Å². The first kappa shape index (κ1) is 8.22. The molecule has 5 heteroatoms. The van der Waals surface area contributed by atoms with E-state index in [0.717, 1.165) is 0 Å². The lowest BCUT2D eigenvalue weighted by Gasteiger charge is -2.09. The second-order valence-corrected chi connectivity index (χ2v) is 4.23. The van der Waals surface area contributed by atoms with Gasteiger partial charge in [0, 0.05) is 6.42 Å². The van der Waals surface area contributed by atoms with Crippen molar-refractivity contribution in [2.24, 2.45) is 0 Å². The van der Waals surface area contributed by atoms with Gasteiger partial charge in [-0.1, -0.05) is 34.8 Å². The van der Waals surface area contributed by atoms with E-state index in [1.54, 1.807) is 0 Å². The van der Waals surface area contributed by atoms with E-state index in [9.17, 15) is 0 Å². The Balaban J connectivity index is 2.54. The van der Waals surface area contributed by atoms with Crippen LogP contribution in [0.15, 0.2) is 0 Å². The Kier molecular flexibility index (Phi) is 2.40. The Bertz CT molecular complexity index is 103. The number of hydrogen-bond acceptors (Lipinski definition) is 1. The molecule has 1 aliphatic heterocycles. The monoisotopic (exact) mass is 208 g/mol. The molecule has 2 unspecified atom stereocenters. The highest BCUT2D eigenvalue weighted by molar-refractivity contribution is 6.48. The number of halogens is 4. The van der Waals surface area contributed by atoms with Gasteiger partial charge >= 0.3 is 0 Å². The molecule has 0 radical (unpaired) electrons. The molecule has 1 fully saturated rings. The van der Waals surface area contributed by atoms with Crippen molar-refractivity contribution in [3.63, 3.8) is 0 Å². The zero-order valence-electron chi connectivity index (χ0n) is 4.28. The van der Waals surface area contributed by atoms with Crippen LogP contribution in [0.2, 0.25) is 0 Å². The summed E-state index contributed by atoms with van der Waals surface area (Å²) in [6, 6.07) is 0. The van der Waals surface area contributed by atoms with Crippen LogP contribution in [-0.2, 0) is 4.74 Å². The van der Waals surface area contributed by atoms with Gasteiger partial charge in [-0.25, -0.2) is 0 Å². The van der Waals surface area contributed by atoms with Crippen molar-refractivity contribution in [1.29, 1.82) is 0 Å².